The summed E-state index contributed by atoms with van der Waals surface area (Å²) in [6.07, 6.45) is 1.28. The quantitative estimate of drug-likeness (QED) is 0.876. The third-order valence-electron chi connectivity index (χ3n) is 2.94. The van der Waals surface area contributed by atoms with E-state index >= 15 is 0 Å². The Balaban J connectivity index is 1.99. The molecule has 1 amide bonds. The second-order valence-corrected chi connectivity index (χ2v) is 6.02. The molecule has 1 aliphatic rings. The van der Waals surface area contributed by atoms with Gasteiger partial charge in [-0.2, -0.15) is 10.2 Å². The standard InChI is InChI=1S/C14H19N5O3/c1-14(2,3)22-13(20)19-5-4-9(8-19)21-12-10(6-15)17-7-11(16)18-12/h7,9H,4-5,8H2,1-3H3,(H2,16,18)/t9-/m0/s1. The molecule has 2 rings (SSSR count). The first-order valence-electron chi connectivity index (χ1n) is 6.95. The van der Waals surface area contributed by atoms with Crippen LogP contribution in [0.5, 0.6) is 5.88 Å². The van der Waals surface area contributed by atoms with Crippen molar-refractivity contribution >= 4 is 11.9 Å². The highest BCUT2D eigenvalue weighted by Crippen LogP contribution is 2.21. The highest BCUT2D eigenvalue weighted by Gasteiger charge is 2.31. The molecule has 1 aromatic heterocycles. The Labute approximate surface area is 128 Å². The van der Waals surface area contributed by atoms with E-state index in [2.05, 4.69) is 9.97 Å². The van der Waals surface area contributed by atoms with Crippen LogP contribution in [0.4, 0.5) is 10.6 Å². The molecule has 118 valence electrons. The Morgan fingerprint density at radius 2 is 2.27 bits per heavy atom. The van der Waals surface area contributed by atoms with Crippen LogP contribution < -0.4 is 10.5 Å². The van der Waals surface area contributed by atoms with Crippen LogP contribution in [0, 0.1) is 11.3 Å². The van der Waals surface area contributed by atoms with Crippen LogP contribution in [0.25, 0.3) is 0 Å². The van der Waals surface area contributed by atoms with Crippen molar-refractivity contribution in [3.8, 4) is 11.9 Å². The fourth-order valence-corrected chi connectivity index (χ4v) is 2.02. The zero-order valence-corrected chi connectivity index (χ0v) is 12.9. The fraction of sp³-hybridized carbons (Fsp3) is 0.571. The second kappa shape index (κ2) is 6.05. The molecule has 0 aromatic carbocycles. The van der Waals surface area contributed by atoms with Crippen LogP contribution >= 0.6 is 0 Å². The summed E-state index contributed by atoms with van der Waals surface area (Å²) in [6.45, 7) is 6.34. The number of rotatable bonds is 2. The summed E-state index contributed by atoms with van der Waals surface area (Å²) < 4.78 is 11.0. The number of nitrogens with zero attached hydrogens (tertiary/aromatic N) is 4. The van der Waals surface area contributed by atoms with Gasteiger partial charge in [0.1, 0.15) is 23.6 Å². The summed E-state index contributed by atoms with van der Waals surface area (Å²) in [4.78, 5) is 21.4. The summed E-state index contributed by atoms with van der Waals surface area (Å²) in [5.74, 6) is 0.273. The van der Waals surface area contributed by atoms with Crippen molar-refractivity contribution < 1.29 is 14.3 Å². The highest BCUT2D eigenvalue weighted by molar-refractivity contribution is 5.68. The lowest BCUT2D eigenvalue weighted by molar-refractivity contribution is 0.0275. The average Bonchev–Trinajstić information content (AvgIpc) is 2.86. The molecule has 0 aliphatic carbocycles. The Morgan fingerprint density at radius 1 is 1.55 bits per heavy atom. The molecule has 1 aromatic rings. The molecule has 0 radical (unpaired) electrons. The Bertz CT molecular complexity index is 605. The molecule has 2 heterocycles. The number of carbonyl (C=O) groups excluding carboxylic acids is 1. The number of hydrogen-bond acceptors (Lipinski definition) is 7. The van der Waals surface area contributed by atoms with Crippen molar-refractivity contribution in [2.75, 3.05) is 18.8 Å². The molecular formula is C14H19N5O3. The SMILES string of the molecule is CC(C)(C)OC(=O)N1CC[C@H](Oc2nc(N)cnc2C#N)C1. The van der Waals surface area contributed by atoms with Gasteiger partial charge >= 0.3 is 6.09 Å². The molecule has 0 spiro atoms. The van der Waals surface area contributed by atoms with E-state index in [0.29, 0.717) is 19.5 Å². The topological polar surface area (TPSA) is 114 Å². The normalized spacial score (nSPS) is 17.9. The number of carbonyl (C=O) groups is 1. The van der Waals surface area contributed by atoms with Crippen LogP contribution in [0.15, 0.2) is 6.20 Å². The number of likely N-dealkylation sites (tertiary alicyclic amines) is 1. The van der Waals surface area contributed by atoms with Crippen molar-refractivity contribution in [3.63, 3.8) is 0 Å². The molecular weight excluding hydrogens is 286 g/mol. The molecule has 1 atom stereocenters. The van der Waals surface area contributed by atoms with Gasteiger partial charge in [-0.05, 0) is 20.8 Å². The number of anilines is 1. The summed E-state index contributed by atoms with van der Waals surface area (Å²) >= 11 is 0. The number of ether oxygens (including phenoxy) is 2. The molecule has 1 fully saturated rings. The van der Waals surface area contributed by atoms with E-state index in [0.717, 1.165) is 0 Å². The van der Waals surface area contributed by atoms with Crippen molar-refractivity contribution in [2.45, 2.75) is 38.9 Å². The van der Waals surface area contributed by atoms with Crippen LogP contribution in [-0.2, 0) is 4.74 Å². The maximum absolute atomic E-state index is 12.0. The molecule has 0 saturated carbocycles. The van der Waals surface area contributed by atoms with Gasteiger partial charge in [0.25, 0.3) is 5.88 Å². The number of amides is 1. The minimum atomic E-state index is -0.538. The number of nitrogen functional groups attached to an aromatic ring is 1. The van der Waals surface area contributed by atoms with E-state index in [1.807, 2.05) is 26.8 Å². The molecule has 1 saturated heterocycles. The number of nitrogens with two attached hydrogens (primary N) is 1. The van der Waals surface area contributed by atoms with Crippen LogP contribution in [0.2, 0.25) is 0 Å². The first-order valence-corrected chi connectivity index (χ1v) is 6.95. The van der Waals surface area contributed by atoms with Crippen molar-refractivity contribution in [1.82, 2.24) is 14.9 Å². The van der Waals surface area contributed by atoms with E-state index < -0.39 is 5.60 Å². The Hall–Kier alpha value is -2.56. The van der Waals surface area contributed by atoms with E-state index in [1.54, 1.807) is 4.90 Å². The lowest BCUT2D eigenvalue weighted by Gasteiger charge is -2.24. The van der Waals surface area contributed by atoms with Gasteiger partial charge in [-0.25, -0.2) is 9.78 Å². The summed E-state index contributed by atoms with van der Waals surface area (Å²) in [5, 5.41) is 8.99. The maximum atomic E-state index is 12.0. The summed E-state index contributed by atoms with van der Waals surface area (Å²) in [7, 11) is 0. The zero-order chi connectivity index (χ0) is 16.3. The first-order chi connectivity index (χ1) is 10.3. The third-order valence-corrected chi connectivity index (χ3v) is 2.94. The lowest BCUT2D eigenvalue weighted by atomic mass is 10.2. The monoisotopic (exact) mass is 305 g/mol. The van der Waals surface area contributed by atoms with Crippen LogP contribution in [-0.4, -0.2) is 45.8 Å². The second-order valence-electron chi connectivity index (χ2n) is 6.02. The Morgan fingerprint density at radius 3 is 2.91 bits per heavy atom. The lowest BCUT2D eigenvalue weighted by Crippen LogP contribution is -2.36. The van der Waals surface area contributed by atoms with E-state index in [-0.39, 0.29) is 29.6 Å². The minimum absolute atomic E-state index is 0.0740. The van der Waals surface area contributed by atoms with Gasteiger partial charge in [0.2, 0.25) is 5.69 Å². The number of aromatic nitrogens is 2. The van der Waals surface area contributed by atoms with Crippen LogP contribution in [0.1, 0.15) is 32.9 Å². The molecule has 8 nitrogen and oxygen atoms in total. The van der Waals surface area contributed by atoms with E-state index in [4.69, 9.17) is 20.5 Å². The van der Waals surface area contributed by atoms with Gasteiger partial charge in [-0.15, -0.1) is 0 Å². The van der Waals surface area contributed by atoms with Crippen molar-refractivity contribution in [2.24, 2.45) is 0 Å². The zero-order valence-electron chi connectivity index (χ0n) is 12.9. The molecule has 1 aliphatic heterocycles. The summed E-state index contributed by atoms with van der Waals surface area (Å²) in [5.41, 5.74) is 5.09. The van der Waals surface area contributed by atoms with Gasteiger partial charge in [0, 0.05) is 13.0 Å². The number of nitriles is 1. The molecule has 0 unspecified atom stereocenters. The summed E-state index contributed by atoms with van der Waals surface area (Å²) in [6, 6.07) is 1.90. The van der Waals surface area contributed by atoms with Crippen molar-refractivity contribution in [3.05, 3.63) is 11.9 Å². The first kappa shape index (κ1) is 15.8. The maximum Gasteiger partial charge on any atom is 0.410 e. The molecule has 8 heteroatoms. The third kappa shape index (κ3) is 3.97. The van der Waals surface area contributed by atoms with Gasteiger partial charge in [0.15, 0.2) is 0 Å². The molecule has 22 heavy (non-hydrogen) atoms. The van der Waals surface area contributed by atoms with E-state index in [9.17, 15) is 4.79 Å². The van der Waals surface area contributed by atoms with Gasteiger partial charge in [0.05, 0.1) is 12.7 Å². The van der Waals surface area contributed by atoms with Crippen LogP contribution in [0.3, 0.4) is 0 Å². The Kier molecular flexibility index (Phi) is 4.35. The molecule has 0 bridgehead atoms. The highest BCUT2D eigenvalue weighted by atomic mass is 16.6. The molecule has 2 N–H and O–H groups in total. The van der Waals surface area contributed by atoms with E-state index in [1.165, 1.54) is 6.20 Å². The van der Waals surface area contributed by atoms with Gasteiger partial charge < -0.3 is 20.1 Å². The smallest absolute Gasteiger partial charge is 0.410 e. The van der Waals surface area contributed by atoms with Gasteiger partial charge in [-0.3, -0.25) is 0 Å². The predicted molar refractivity (Wildman–Crippen MR) is 78.0 cm³/mol. The average molecular weight is 305 g/mol. The van der Waals surface area contributed by atoms with Gasteiger partial charge in [-0.1, -0.05) is 0 Å². The number of hydrogen-bond donors (Lipinski definition) is 1. The van der Waals surface area contributed by atoms with Crippen molar-refractivity contribution in [1.29, 1.82) is 5.26 Å². The predicted octanol–water partition coefficient (Wildman–Crippen LogP) is 1.32. The fourth-order valence-electron chi connectivity index (χ4n) is 2.02. The largest absolute Gasteiger partial charge is 0.470 e. The minimum Gasteiger partial charge on any atom is -0.470 e.